The van der Waals surface area contributed by atoms with Crippen LogP contribution in [0.3, 0.4) is 0 Å². The number of para-hydroxylation sites is 2. The largest absolute Gasteiger partial charge is 0.550 e. The van der Waals surface area contributed by atoms with Gasteiger partial charge in [0.25, 0.3) is 5.91 Å². The van der Waals surface area contributed by atoms with E-state index in [2.05, 4.69) is 22.3 Å². The van der Waals surface area contributed by atoms with Gasteiger partial charge in [-0.1, -0.05) is 42.5 Å². The molecule has 7 heteroatoms. The lowest BCUT2D eigenvalue weighted by molar-refractivity contribution is -0.313. The molecule has 0 saturated carbocycles. The van der Waals surface area contributed by atoms with Crippen LogP contribution in [0.1, 0.15) is 23.2 Å². The van der Waals surface area contributed by atoms with Crippen molar-refractivity contribution in [1.82, 2.24) is 4.90 Å². The fourth-order valence-corrected chi connectivity index (χ4v) is 4.35. The van der Waals surface area contributed by atoms with Crippen molar-refractivity contribution in [1.29, 1.82) is 0 Å². The molecule has 0 radical (unpaired) electrons. The molecule has 1 fully saturated rings. The summed E-state index contributed by atoms with van der Waals surface area (Å²) in [5.74, 6) is -3.36. The molecule has 1 N–H and O–H groups in total. The number of nitrogens with zero attached hydrogens (tertiary/aromatic N) is 2. The van der Waals surface area contributed by atoms with Crippen LogP contribution in [0.4, 0.5) is 11.4 Å². The molecule has 2 aromatic rings. The lowest BCUT2D eigenvalue weighted by Gasteiger charge is -2.36. The number of carbonyl (C=O) groups is 3. The molecule has 1 saturated heterocycles. The van der Waals surface area contributed by atoms with Crippen LogP contribution in [-0.4, -0.2) is 48.9 Å². The van der Waals surface area contributed by atoms with Crippen molar-refractivity contribution in [3.8, 4) is 0 Å². The van der Waals surface area contributed by atoms with Gasteiger partial charge in [-0.05, 0) is 37.1 Å². The normalized spacial score (nSPS) is 20.6. The highest BCUT2D eigenvalue weighted by molar-refractivity contribution is 6.04. The predicted molar refractivity (Wildman–Crippen MR) is 120 cm³/mol. The van der Waals surface area contributed by atoms with Crippen LogP contribution in [0.25, 0.3) is 0 Å². The summed E-state index contributed by atoms with van der Waals surface area (Å²) in [5, 5.41) is 14.2. The first-order valence-electron chi connectivity index (χ1n) is 10.9. The summed E-state index contributed by atoms with van der Waals surface area (Å²) in [5.41, 5.74) is 1.95. The zero-order chi connectivity index (χ0) is 22.5. The highest BCUT2D eigenvalue weighted by Gasteiger charge is 2.31. The molecular weight excluding hydrogens is 406 g/mol. The Bertz CT molecular complexity index is 1010. The van der Waals surface area contributed by atoms with Crippen molar-refractivity contribution in [3.05, 3.63) is 72.3 Å². The van der Waals surface area contributed by atoms with Crippen LogP contribution in [-0.2, 0) is 9.59 Å². The molecule has 32 heavy (non-hydrogen) atoms. The van der Waals surface area contributed by atoms with E-state index in [-0.39, 0.29) is 12.3 Å². The van der Waals surface area contributed by atoms with Crippen molar-refractivity contribution < 1.29 is 19.5 Å². The van der Waals surface area contributed by atoms with Crippen molar-refractivity contribution in [3.63, 3.8) is 0 Å². The fourth-order valence-electron chi connectivity index (χ4n) is 4.35. The van der Waals surface area contributed by atoms with Gasteiger partial charge in [-0.2, -0.15) is 0 Å². The van der Waals surface area contributed by atoms with Crippen molar-refractivity contribution in [2.45, 2.75) is 12.8 Å². The minimum absolute atomic E-state index is 0.145. The topological polar surface area (TPSA) is 92.8 Å². The molecule has 1 heterocycles. The van der Waals surface area contributed by atoms with E-state index in [0.717, 1.165) is 18.8 Å². The van der Waals surface area contributed by atoms with Crippen LogP contribution >= 0.6 is 0 Å². The Morgan fingerprint density at radius 1 is 0.812 bits per heavy atom. The molecule has 2 aromatic carbocycles. The Hall–Kier alpha value is -3.61. The van der Waals surface area contributed by atoms with Crippen LogP contribution in [0, 0.1) is 11.8 Å². The van der Waals surface area contributed by atoms with Gasteiger partial charge in [-0.15, -0.1) is 0 Å². The average molecular weight is 433 g/mol. The molecule has 166 valence electrons. The number of carboxylic acid groups (broad SMARTS) is 1. The zero-order valence-electron chi connectivity index (χ0n) is 17.8. The number of benzene rings is 2. The third-order valence-electron chi connectivity index (χ3n) is 6.18. The molecule has 0 bridgehead atoms. The number of nitrogens with one attached hydrogen (secondary N) is 1. The van der Waals surface area contributed by atoms with E-state index < -0.39 is 23.7 Å². The van der Waals surface area contributed by atoms with Crippen molar-refractivity contribution in [2.75, 3.05) is 36.4 Å². The summed E-state index contributed by atoms with van der Waals surface area (Å²) in [6, 6.07) is 17.0. The first kappa shape index (κ1) is 21.6. The Balaban J connectivity index is 1.44. The summed E-state index contributed by atoms with van der Waals surface area (Å²) in [7, 11) is 0. The molecule has 4 rings (SSSR count). The van der Waals surface area contributed by atoms with E-state index in [1.807, 2.05) is 24.3 Å². The van der Waals surface area contributed by atoms with E-state index >= 15 is 0 Å². The minimum atomic E-state index is -1.23. The number of anilines is 2. The monoisotopic (exact) mass is 432 g/mol. The van der Waals surface area contributed by atoms with Crippen molar-refractivity contribution >= 4 is 29.2 Å². The fraction of sp³-hybridized carbons (Fsp3) is 0.320. The van der Waals surface area contributed by atoms with E-state index in [1.165, 1.54) is 0 Å². The average Bonchev–Trinajstić information content (AvgIpc) is 2.84. The molecule has 0 aromatic heterocycles. The van der Waals surface area contributed by atoms with Gasteiger partial charge >= 0.3 is 0 Å². The van der Waals surface area contributed by atoms with Gasteiger partial charge in [0.1, 0.15) is 0 Å². The molecule has 2 amide bonds. The molecule has 2 aliphatic rings. The smallest absolute Gasteiger partial charge is 0.256 e. The van der Waals surface area contributed by atoms with Crippen LogP contribution in [0.5, 0.6) is 0 Å². The minimum Gasteiger partial charge on any atom is -0.550 e. The van der Waals surface area contributed by atoms with Gasteiger partial charge in [0.05, 0.1) is 17.2 Å². The van der Waals surface area contributed by atoms with Gasteiger partial charge < -0.3 is 25.0 Å². The number of amides is 2. The van der Waals surface area contributed by atoms with Gasteiger partial charge in [-0.3, -0.25) is 9.59 Å². The molecule has 7 nitrogen and oxygen atoms in total. The molecule has 1 aliphatic carbocycles. The molecule has 0 unspecified atom stereocenters. The van der Waals surface area contributed by atoms with Gasteiger partial charge in [-0.25, -0.2) is 0 Å². The van der Waals surface area contributed by atoms with E-state index in [4.69, 9.17) is 0 Å². The number of allylic oxidation sites excluding steroid dienone is 2. The number of piperazine rings is 1. The summed E-state index contributed by atoms with van der Waals surface area (Å²) >= 11 is 0. The standard InChI is InChI=1S/C25H27N3O4/c29-23(19-10-4-5-11-20(19)25(31)32)26-22-13-7-6-12-21(22)24(30)28-16-14-27(15-17-28)18-8-2-1-3-9-18/h1-9,12-13,19-20H,10-11,14-17H2,(H,26,29)(H,31,32)/p-1/t19-,20-/m1/s1. The maximum Gasteiger partial charge on any atom is 0.256 e. The van der Waals surface area contributed by atoms with Crippen molar-refractivity contribution in [2.24, 2.45) is 11.8 Å². The second-order valence-corrected chi connectivity index (χ2v) is 8.12. The van der Waals surface area contributed by atoms with E-state index in [1.54, 1.807) is 35.2 Å². The summed E-state index contributed by atoms with van der Waals surface area (Å²) in [4.78, 5) is 41.6. The summed E-state index contributed by atoms with van der Waals surface area (Å²) in [6.45, 7) is 2.62. The Kier molecular flexibility index (Phi) is 6.54. The van der Waals surface area contributed by atoms with E-state index in [9.17, 15) is 19.5 Å². The van der Waals surface area contributed by atoms with Gasteiger partial charge in [0.2, 0.25) is 5.91 Å². The lowest BCUT2D eigenvalue weighted by Crippen LogP contribution is -2.49. The molecule has 0 spiro atoms. The van der Waals surface area contributed by atoms with Gasteiger partial charge in [0, 0.05) is 43.8 Å². The summed E-state index contributed by atoms with van der Waals surface area (Å²) in [6.07, 6.45) is 4.18. The molecule has 1 aliphatic heterocycles. The molecular formula is C25H26N3O4-. The number of carbonyl (C=O) groups excluding carboxylic acids is 3. The number of hydrogen-bond acceptors (Lipinski definition) is 5. The second kappa shape index (κ2) is 9.68. The van der Waals surface area contributed by atoms with Crippen LogP contribution in [0.2, 0.25) is 0 Å². The van der Waals surface area contributed by atoms with Gasteiger partial charge in [0.15, 0.2) is 0 Å². The maximum atomic E-state index is 13.2. The van der Waals surface area contributed by atoms with Crippen LogP contribution in [0.15, 0.2) is 66.7 Å². The first-order chi connectivity index (χ1) is 15.5. The Labute approximate surface area is 187 Å². The lowest BCUT2D eigenvalue weighted by atomic mass is 9.82. The maximum absolute atomic E-state index is 13.2. The third kappa shape index (κ3) is 4.66. The SMILES string of the molecule is O=C([O-])[C@@H]1CC=CC[C@H]1C(=O)Nc1ccccc1C(=O)N1CCN(c2ccccc2)CC1. The quantitative estimate of drug-likeness (QED) is 0.729. The number of aliphatic carboxylic acids is 1. The predicted octanol–water partition coefficient (Wildman–Crippen LogP) is 1.92. The molecule has 2 atom stereocenters. The Morgan fingerprint density at radius 2 is 1.44 bits per heavy atom. The number of rotatable bonds is 5. The number of carboxylic acids is 1. The van der Waals surface area contributed by atoms with E-state index in [0.29, 0.717) is 30.8 Å². The highest BCUT2D eigenvalue weighted by Crippen LogP contribution is 2.28. The Morgan fingerprint density at radius 3 is 2.12 bits per heavy atom. The third-order valence-corrected chi connectivity index (χ3v) is 6.18. The van der Waals surface area contributed by atoms with Crippen LogP contribution < -0.4 is 15.3 Å². The highest BCUT2D eigenvalue weighted by atomic mass is 16.4. The number of hydrogen-bond donors (Lipinski definition) is 1. The summed E-state index contributed by atoms with van der Waals surface area (Å²) < 4.78 is 0. The first-order valence-corrected chi connectivity index (χ1v) is 10.9. The zero-order valence-corrected chi connectivity index (χ0v) is 17.8. The second-order valence-electron chi connectivity index (χ2n) is 8.12.